The first-order valence-corrected chi connectivity index (χ1v) is 15.3. The molecule has 10 heteroatoms. The fourth-order valence-electron chi connectivity index (χ4n) is 5.92. The van der Waals surface area contributed by atoms with Crippen molar-refractivity contribution < 1.29 is 23.2 Å². The Morgan fingerprint density at radius 1 is 1.02 bits per heavy atom. The van der Waals surface area contributed by atoms with Crippen molar-refractivity contribution in [2.75, 3.05) is 11.9 Å². The molecule has 1 atom stereocenters. The number of carbonyl (C=O) groups is 1. The molecule has 2 amide bonds. The summed E-state index contributed by atoms with van der Waals surface area (Å²) in [5, 5.41) is 16.9. The van der Waals surface area contributed by atoms with Crippen molar-refractivity contribution in [3.63, 3.8) is 0 Å². The zero-order chi connectivity index (χ0) is 32.5. The van der Waals surface area contributed by atoms with Gasteiger partial charge in [-0.2, -0.15) is 0 Å². The Balaban J connectivity index is 1.29. The Labute approximate surface area is 266 Å². The summed E-state index contributed by atoms with van der Waals surface area (Å²) < 4.78 is 31.4. The largest absolute Gasteiger partial charge is 0.382 e. The average Bonchev–Trinajstić information content (AvgIpc) is 3.40. The molecule has 46 heavy (non-hydrogen) atoms. The first-order valence-electron chi connectivity index (χ1n) is 15.3. The second kappa shape index (κ2) is 12.8. The summed E-state index contributed by atoms with van der Waals surface area (Å²) in [6, 6.07) is 20.0. The van der Waals surface area contributed by atoms with Crippen LogP contribution in [0.4, 0.5) is 19.3 Å². The zero-order valence-corrected chi connectivity index (χ0v) is 26.1. The summed E-state index contributed by atoms with van der Waals surface area (Å²) >= 11 is 0. The molecule has 0 fully saturated rings. The third kappa shape index (κ3) is 6.12. The van der Waals surface area contributed by atoms with E-state index >= 15 is 0 Å². The maximum absolute atomic E-state index is 13.7. The Morgan fingerprint density at radius 3 is 2.46 bits per heavy atom. The van der Waals surface area contributed by atoms with E-state index in [-0.39, 0.29) is 11.6 Å². The molecule has 2 aromatic heterocycles. The van der Waals surface area contributed by atoms with Gasteiger partial charge in [-0.15, -0.1) is 0 Å². The predicted molar refractivity (Wildman–Crippen MR) is 173 cm³/mol. The molecule has 3 aromatic carbocycles. The van der Waals surface area contributed by atoms with Crippen LogP contribution in [0, 0.1) is 20.8 Å². The molecular formula is C36H35F2N5O3. The Hall–Kier alpha value is -4.96. The number of carbonyl (C=O) groups excluding carboxylic acids is 1. The number of rotatable bonds is 7. The minimum atomic E-state index is -2.86. The molecule has 1 aliphatic rings. The molecule has 0 spiro atoms. The summed E-state index contributed by atoms with van der Waals surface area (Å²) in [4.78, 5) is 25.5. The Bertz CT molecular complexity index is 1890. The van der Waals surface area contributed by atoms with Crippen LogP contribution in [-0.2, 0) is 19.4 Å². The lowest BCUT2D eigenvalue weighted by molar-refractivity contribution is -0.00577. The standard InChI is InChI=1S/C36H35F2N5O3/c1-5-23-16-26(24-10-12-25(13-11-24)33(44)34(37)38)18-27(17-23)39-36(45)43-15-14-30-29(19-43)32(28-9-7-6-8-20(28)2)41-35(40-30)31-21(3)42-46-22(31)4/h6-13,16-18,33-34,44H,5,14-15,19H2,1-4H3,(H,39,45). The Morgan fingerprint density at radius 2 is 1.78 bits per heavy atom. The van der Waals surface area contributed by atoms with E-state index in [1.165, 1.54) is 12.1 Å². The highest BCUT2D eigenvalue weighted by molar-refractivity contribution is 5.91. The van der Waals surface area contributed by atoms with E-state index in [0.29, 0.717) is 36.8 Å². The van der Waals surface area contributed by atoms with Gasteiger partial charge in [0, 0.05) is 29.8 Å². The van der Waals surface area contributed by atoms with Crippen molar-refractivity contribution in [3.8, 4) is 33.8 Å². The van der Waals surface area contributed by atoms with Crippen LogP contribution in [0.5, 0.6) is 0 Å². The predicted octanol–water partition coefficient (Wildman–Crippen LogP) is 7.84. The third-order valence-corrected chi connectivity index (χ3v) is 8.48. The lowest BCUT2D eigenvalue weighted by Gasteiger charge is -2.30. The van der Waals surface area contributed by atoms with Crippen molar-refractivity contribution in [2.24, 2.45) is 0 Å². The smallest absolute Gasteiger partial charge is 0.322 e. The van der Waals surface area contributed by atoms with E-state index in [1.54, 1.807) is 17.0 Å². The van der Waals surface area contributed by atoms with Crippen LogP contribution in [0.15, 0.2) is 71.3 Å². The molecule has 0 saturated carbocycles. The molecule has 2 N–H and O–H groups in total. The second-order valence-corrected chi connectivity index (χ2v) is 11.6. The van der Waals surface area contributed by atoms with Gasteiger partial charge in [-0.05, 0) is 67.1 Å². The molecule has 236 valence electrons. The van der Waals surface area contributed by atoms with E-state index in [0.717, 1.165) is 62.4 Å². The molecule has 0 bridgehead atoms. The second-order valence-electron chi connectivity index (χ2n) is 11.6. The van der Waals surface area contributed by atoms with Gasteiger partial charge in [0.05, 0.1) is 29.2 Å². The third-order valence-electron chi connectivity index (χ3n) is 8.48. The van der Waals surface area contributed by atoms with Crippen molar-refractivity contribution >= 4 is 11.7 Å². The monoisotopic (exact) mass is 623 g/mol. The van der Waals surface area contributed by atoms with Crippen LogP contribution in [-0.4, -0.2) is 44.1 Å². The topological polar surface area (TPSA) is 104 Å². The van der Waals surface area contributed by atoms with Crippen molar-refractivity contribution in [2.45, 2.75) is 59.6 Å². The molecule has 0 saturated heterocycles. The van der Waals surface area contributed by atoms with Gasteiger partial charge < -0.3 is 19.8 Å². The van der Waals surface area contributed by atoms with Crippen LogP contribution in [0.3, 0.4) is 0 Å². The first kappa shape index (κ1) is 31.0. The maximum atomic E-state index is 13.7. The molecule has 1 unspecified atom stereocenters. The number of aryl methyl sites for hydroxylation is 4. The zero-order valence-electron chi connectivity index (χ0n) is 26.1. The fourth-order valence-corrected chi connectivity index (χ4v) is 5.92. The SMILES string of the molecule is CCc1cc(NC(=O)N2CCc3nc(-c4c(C)noc4C)nc(-c4ccccc4C)c3C2)cc(-c2ccc(C(O)C(F)F)cc2)c1. The number of aliphatic hydroxyl groups is 1. The summed E-state index contributed by atoms with van der Waals surface area (Å²) in [6.07, 6.45) is -3.40. The number of nitrogens with zero attached hydrogens (tertiary/aromatic N) is 4. The summed E-state index contributed by atoms with van der Waals surface area (Å²) in [5.41, 5.74) is 9.54. The number of aromatic nitrogens is 3. The van der Waals surface area contributed by atoms with Gasteiger partial charge in [-0.3, -0.25) is 0 Å². The van der Waals surface area contributed by atoms with Crippen LogP contribution in [0.1, 0.15) is 52.4 Å². The van der Waals surface area contributed by atoms with E-state index in [4.69, 9.17) is 14.5 Å². The quantitative estimate of drug-likeness (QED) is 0.191. The highest BCUT2D eigenvalue weighted by atomic mass is 19.3. The summed E-state index contributed by atoms with van der Waals surface area (Å²) in [6.45, 7) is 8.60. The van der Waals surface area contributed by atoms with Crippen LogP contribution in [0.25, 0.3) is 33.8 Å². The normalized spacial score (nSPS) is 13.5. The Kier molecular flexibility index (Phi) is 8.64. The van der Waals surface area contributed by atoms with E-state index in [2.05, 4.69) is 10.5 Å². The lowest BCUT2D eigenvalue weighted by Crippen LogP contribution is -2.39. The van der Waals surface area contributed by atoms with E-state index < -0.39 is 12.5 Å². The maximum Gasteiger partial charge on any atom is 0.322 e. The molecule has 1 aliphatic heterocycles. The summed E-state index contributed by atoms with van der Waals surface area (Å²) in [5.74, 6) is 1.21. The average molecular weight is 624 g/mol. The minimum absolute atomic E-state index is 0.150. The number of amides is 2. The van der Waals surface area contributed by atoms with Crippen molar-refractivity contribution in [3.05, 3.63) is 106 Å². The molecule has 6 rings (SSSR count). The van der Waals surface area contributed by atoms with Gasteiger partial charge >= 0.3 is 6.03 Å². The molecule has 8 nitrogen and oxygen atoms in total. The molecule has 3 heterocycles. The number of urea groups is 1. The summed E-state index contributed by atoms with van der Waals surface area (Å²) in [7, 11) is 0. The van der Waals surface area contributed by atoms with Gasteiger partial charge in [-0.1, -0.05) is 66.7 Å². The number of anilines is 1. The first-order chi connectivity index (χ1) is 22.1. The lowest BCUT2D eigenvalue weighted by atomic mass is 9.96. The number of halogens is 2. The van der Waals surface area contributed by atoms with Crippen LogP contribution >= 0.6 is 0 Å². The number of hydrogen-bond donors (Lipinski definition) is 2. The number of benzene rings is 3. The molecular weight excluding hydrogens is 588 g/mol. The molecule has 0 radical (unpaired) electrons. The molecule has 0 aliphatic carbocycles. The van der Waals surface area contributed by atoms with Gasteiger partial charge in [0.2, 0.25) is 0 Å². The number of fused-ring (bicyclic) bond motifs is 1. The van der Waals surface area contributed by atoms with Gasteiger partial charge in [-0.25, -0.2) is 23.5 Å². The number of alkyl halides is 2. The highest BCUT2D eigenvalue weighted by Gasteiger charge is 2.28. The van der Waals surface area contributed by atoms with Gasteiger partial charge in [0.25, 0.3) is 6.43 Å². The van der Waals surface area contributed by atoms with Crippen molar-refractivity contribution in [1.82, 2.24) is 20.0 Å². The van der Waals surface area contributed by atoms with Gasteiger partial charge in [0.1, 0.15) is 11.9 Å². The van der Waals surface area contributed by atoms with Crippen LogP contribution in [0.2, 0.25) is 0 Å². The fraction of sp³-hybridized carbons (Fsp3) is 0.278. The van der Waals surface area contributed by atoms with Crippen molar-refractivity contribution in [1.29, 1.82) is 0 Å². The van der Waals surface area contributed by atoms with E-state index in [1.807, 2.05) is 70.2 Å². The molecule has 5 aromatic rings. The highest BCUT2D eigenvalue weighted by Crippen LogP contribution is 2.35. The number of hydrogen-bond acceptors (Lipinski definition) is 6. The number of aliphatic hydroxyl groups excluding tert-OH is 1. The van der Waals surface area contributed by atoms with Crippen LogP contribution < -0.4 is 5.32 Å². The minimum Gasteiger partial charge on any atom is -0.382 e. The number of nitrogens with one attached hydrogen (secondary N) is 1. The van der Waals surface area contributed by atoms with E-state index in [9.17, 15) is 18.7 Å². The van der Waals surface area contributed by atoms with Gasteiger partial charge in [0.15, 0.2) is 5.82 Å².